The zero-order valence-corrected chi connectivity index (χ0v) is 12.5. The highest BCUT2D eigenvalue weighted by atomic mass is 35.5. The van der Waals surface area contributed by atoms with Gasteiger partial charge in [0.25, 0.3) is 0 Å². The number of nitrogens with two attached hydrogens (primary N) is 1. The highest BCUT2D eigenvalue weighted by Gasteiger charge is 2.18. The Labute approximate surface area is 121 Å². The van der Waals surface area contributed by atoms with E-state index in [2.05, 4.69) is 16.7 Å². The minimum absolute atomic E-state index is 0.0409. The molecule has 0 amide bonds. The van der Waals surface area contributed by atoms with Crippen LogP contribution in [0.4, 0.5) is 0 Å². The normalized spacial score (nSPS) is 18.4. The van der Waals surface area contributed by atoms with Gasteiger partial charge in [0.05, 0.1) is 12.6 Å². The molecule has 1 atom stereocenters. The van der Waals surface area contributed by atoms with Gasteiger partial charge in [0.15, 0.2) is 0 Å². The fourth-order valence-corrected chi connectivity index (χ4v) is 2.87. The fourth-order valence-electron chi connectivity index (χ4n) is 2.40. The zero-order valence-electron chi connectivity index (χ0n) is 11.0. The van der Waals surface area contributed by atoms with E-state index in [1.165, 1.54) is 32.1 Å². The summed E-state index contributed by atoms with van der Waals surface area (Å²) in [5.74, 6) is 8.22. The third kappa shape index (κ3) is 6.29. The van der Waals surface area contributed by atoms with Crippen LogP contribution in [0.25, 0.3) is 0 Å². The van der Waals surface area contributed by atoms with E-state index in [-0.39, 0.29) is 6.04 Å². The fraction of sp³-hybridized carbons (Fsp3) is 0.857. The molecule has 1 fully saturated rings. The van der Waals surface area contributed by atoms with Gasteiger partial charge in [-0.3, -0.25) is 4.90 Å². The van der Waals surface area contributed by atoms with Crippen LogP contribution in [0, 0.1) is 17.8 Å². The Morgan fingerprint density at radius 2 is 1.72 bits per heavy atom. The molecule has 1 aliphatic rings. The summed E-state index contributed by atoms with van der Waals surface area (Å²) in [4.78, 5) is 2.17. The summed E-state index contributed by atoms with van der Waals surface area (Å²) in [5.41, 5.74) is 6.14. The van der Waals surface area contributed by atoms with Crippen LogP contribution in [0.15, 0.2) is 0 Å². The van der Waals surface area contributed by atoms with Crippen molar-refractivity contribution in [2.24, 2.45) is 11.7 Å². The second-order valence-electron chi connectivity index (χ2n) is 4.90. The maximum absolute atomic E-state index is 6.14. The summed E-state index contributed by atoms with van der Waals surface area (Å²) in [7, 11) is 0. The maximum Gasteiger partial charge on any atom is 0.0693 e. The molecule has 1 rings (SSSR count). The van der Waals surface area contributed by atoms with Crippen molar-refractivity contribution in [2.45, 2.75) is 38.1 Å². The molecule has 0 radical (unpaired) electrons. The Morgan fingerprint density at radius 3 is 2.28 bits per heavy atom. The second-order valence-corrected chi connectivity index (χ2v) is 5.66. The van der Waals surface area contributed by atoms with E-state index in [0.29, 0.717) is 17.7 Å². The highest BCUT2D eigenvalue weighted by molar-refractivity contribution is 6.18. The van der Waals surface area contributed by atoms with Crippen molar-refractivity contribution in [3.63, 3.8) is 0 Å². The van der Waals surface area contributed by atoms with Crippen molar-refractivity contribution in [1.82, 2.24) is 4.90 Å². The highest BCUT2D eigenvalue weighted by Crippen LogP contribution is 2.25. The first-order valence-corrected chi connectivity index (χ1v) is 7.93. The topological polar surface area (TPSA) is 29.3 Å². The summed E-state index contributed by atoms with van der Waals surface area (Å²) in [6.45, 7) is 2.39. The van der Waals surface area contributed by atoms with Gasteiger partial charge in [-0.1, -0.05) is 31.1 Å². The average Bonchev–Trinajstić information content (AvgIpc) is 2.40. The lowest BCUT2D eigenvalue weighted by Crippen LogP contribution is -2.31. The first kappa shape index (κ1) is 16.1. The van der Waals surface area contributed by atoms with Crippen LogP contribution in [-0.2, 0) is 0 Å². The first-order chi connectivity index (χ1) is 8.77. The molecule has 2 nitrogen and oxygen atoms in total. The molecule has 104 valence electrons. The predicted octanol–water partition coefficient (Wildman–Crippen LogP) is 2.68. The molecule has 0 aromatic rings. The Kier molecular flexibility index (Phi) is 8.88. The van der Waals surface area contributed by atoms with Crippen LogP contribution in [-0.4, -0.2) is 42.3 Å². The number of halogens is 2. The van der Waals surface area contributed by atoms with Gasteiger partial charge in [-0.2, -0.15) is 0 Å². The molecule has 18 heavy (non-hydrogen) atoms. The smallest absolute Gasteiger partial charge is 0.0693 e. The molecule has 1 unspecified atom stereocenters. The molecule has 0 aliphatic heterocycles. The Hall–Kier alpha value is 0.0600. The van der Waals surface area contributed by atoms with E-state index in [0.717, 1.165) is 19.6 Å². The van der Waals surface area contributed by atoms with E-state index in [1.807, 2.05) is 0 Å². The Bertz CT molecular complexity index is 261. The van der Waals surface area contributed by atoms with Gasteiger partial charge in [0.1, 0.15) is 0 Å². The summed E-state index contributed by atoms with van der Waals surface area (Å²) < 4.78 is 0. The number of hydrogen-bond donors (Lipinski definition) is 1. The van der Waals surface area contributed by atoms with Gasteiger partial charge in [0, 0.05) is 24.8 Å². The van der Waals surface area contributed by atoms with Gasteiger partial charge < -0.3 is 5.73 Å². The van der Waals surface area contributed by atoms with Crippen LogP contribution in [0.3, 0.4) is 0 Å². The van der Waals surface area contributed by atoms with Crippen molar-refractivity contribution in [3.05, 3.63) is 0 Å². The molecular formula is C14H24Cl2N2. The van der Waals surface area contributed by atoms with Crippen LogP contribution in [0.5, 0.6) is 0 Å². The van der Waals surface area contributed by atoms with Crippen molar-refractivity contribution in [2.75, 3.05) is 31.4 Å². The van der Waals surface area contributed by atoms with E-state index in [1.54, 1.807) is 0 Å². The van der Waals surface area contributed by atoms with Crippen LogP contribution in [0.2, 0.25) is 0 Å². The summed E-state index contributed by atoms with van der Waals surface area (Å²) in [6, 6.07) is 0.0409. The van der Waals surface area contributed by atoms with Crippen molar-refractivity contribution in [3.8, 4) is 11.8 Å². The SMILES string of the molecule is NC(C#CCN(CCCl)CCCl)C1CCCCC1. The monoisotopic (exact) mass is 290 g/mol. The molecule has 0 aromatic carbocycles. The summed E-state index contributed by atoms with van der Waals surface area (Å²) >= 11 is 11.5. The van der Waals surface area contributed by atoms with Gasteiger partial charge in [-0.05, 0) is 18.8 Å². The largest absolute Gasteiger partial charge is 0.317 e. The number of hydrogen-bond acceptors (Lipinski definition) is 2. The second kappa shape index (κ2) is 9.92. The van der Waals surface area contributed by atoms with Crippen LogP contribution < -0.4 is 5.73 Å². The third-order valence-electron chi connectivity index (χ3n) is 3.53. The van der Waals surface area contributed by atoms with E-state index in [9.17, 15) is 0 Å². The standard InChI is InChI=1S/C14H24Cl2N2/c15-8-11-18(12-9-16)10-4-7-14(17)13-5-2-1-3-6-13/h13-14H,1-3,5-6,8-12,17H2. The van der Waals surface area contributed by atoms with Crippen molar-refractivity contribution in [1.29, 1.82) is 0 Å². The Morgan fingerprint density at radius 1 is 1.11 bits per heavy atom. The molecule has 0 heterocycles. The lowest BCUT2D eigenvalue weighted by Gasteiger charge is -2.24. The van der Waals surface area contributed by atoms with Crippen molar-refractivity contribution >= 4 is 23.2 Å². The van der Waals surface area contributed by atoms with Crippen LogP contribution in [0.1, 0.15) is 32.1 Å². The molecular weight excluding hydrogens is 267 g/mol. The van der Waals surface area contributed by atoms with E-state index < -0.39 is 0 Å². The molecule has 1 aliphatic carbocycles. The molecule has 0 aromatic heterocycles. The van der Waals surface area contributed by atoms with E-state index >= 15 is 0 Å². The van der Waals surface area contributed by atoms with Crippen molar-refractivity contribution < 1.29 is 0 Å². The zero-order chi connectivity index (χ0) is 13.2. The molecule has 1 saturated carbocycles. The van der Waals surface area contributed by atoms with E-state index in [4.69, 9.17) is 28.9 Å². The minimum atomic E-state index is 0.0409. The number of rotatable bonds is 6. The Balaban J connectivity index is 2.33. The maximum atomic E-state index is 6.14. The molecule has 2 N–H and O–H groups in total. The van der Waals surface area contributed by atoms with Gasteiger partial charge in [-0.25, -0.2) is 0 Å². The lowest BCUT2D eigenvalue weighted by atomic mass is 9.84. The summed E-state index contributed by atoms with van der Waals surface area (Å²) in [5, 5.41) is 0. The average molecular weight is 291 g/mol. The predicted molar refractivity (Wildman–Crippen MR) is 80.2 cm³/mol. The summed E-state index contributed by atoms with van der Waals surface area (Å²) in [6.07, 6.45) is 6.46. The van der Waals surface area contributed by atoms with Gasteiger partial charge in [-0.15, -0.1) is 23.2 Å². The number of alkyl halides is 2. The van der Waals surface area contributed by atoms with Gasteiger partial charge >= 0.3 is 0 Å². The van der Waals surface area contributed by atoms with Gasteiger partial charge in [0.2, 0.25) is 0 Å². The third-order valence-corrected chi connectivity index (χ3v) is 3.87. The quantitative estimate of drug-likeness (QED) is 0.602. The molecule has 0 bridgehead atoms. The minimum Gasteiger partial charge on any atom is -0.317 e. The van der Waals surface area contributed by atoms with Crippen LogP contribution >= 0.6 is 23.2 Å². The molecule has 0 spiro atoms. The molecule has 4 heteroatoms. The molecule has 0 saturated heterocycles. The number of nitrogens with zero attached hydrogens (tertiary/aromatic N) is 1. The lowest BCUT2D eigenvalue weighted by molar-refractivity contribution is 0.335. The first-order valence-electron chi connectivity index (χ1n) is 6.86.